The summed E-state index contributed by atoms with van der Waals surface area (Å²) in [6.07, 6.45) is 1.69. The second kappa shape index (κ2) is 3.04. The monoisotopic (exact) mass is 218 g/mol. The molecule has 0 fully saturated rings. The molecule has 1 rings (SSSR count). The van der Waals surface area contributed by atoms with E-state index in [4.69, 9.17) is 0 Å². The standard InChI is InChI=1S/C6H7BrN2O2/c1-9-3-4(7)5(8-9)6(10)11-2/h3H,1-2H3. The van der Waals surface area contributed by atoms with Gasteiger partial charge in [0.25, 0.3) is 0 Å². The summed E-state index contributed by atoms with van der Waals surface area (Å²) in [6.45, 7) is 0. The molecule has 1 aromatic rings. The maximum absolute atomic E-state index is 10.9. The molecule has 1 heterocycles. The van der Waals surface area contributed by atoms with Gasteiger partial charge in [0.2, 0.25) is 0 Å². The van der Waals surface area contributed by atoms with Crippen LogP contribution in [0.25, 0.3) is 0 Å². The number of halogens is 1. The quantitative estimate of drug-likeness (QED) is 0.661. The van der Waals surface area contributed by atoms with Gasteiger partial charge < -0.3 is 4.74 Å². The largest absolute Gasteiger partial charge is 0.464 e. The van der Waals surface area contributed by atoms with Crippen LogP contribution in [0.1, 0.15) is 10.5 Å². The molecule has 0 unspecified atom stereocenters. The first-order chi connectivity index (χ1) is 5.15. The van der Waals surface area contributed by atoms with Crippen molar-refractivity contribution < 1.29 is 9.53 Å². The molecule has 5 heteroatoms. The minimum atomic E-state index is -0.433. The number of hydrogen-bond donors (Lipinski definition) is 0. The number of rotatable bonds is 1. The van der Waals surface area contributed by atoms with Crippen LogP contribution in [0.3, 0.4) is 0 Å². The van der Waals surface area contributed by atoms with Gasteiger partial charge in [0.15, 0.2) is 5.69 Å². The average molecular weight is 219 g/mol. The Kier molecular flexibility index (Phi) is 2.28. The van der Waals surface area contributed by atoms with Gasteiger partial charge in [-0.3, -0.25) is 4.68 Å². The summed E-state index contributed by atoms with van der Waals surface area (Å²) in [5.74, 6) is -0.433. The molecular weight excluding hydrogens is 212 g/mol. The summed E-state index contributed by atoms with van der Waals surface area (Å²) in [5, 5.41) is 3.88. The average Bonchev–Trinajstić information content (AvgIpc) is 2.28. The first-order valence-electron chi connectivity index (χ1n) is 2.92. The van der Waals surface area contributed by atoms with Gasteiger partial charge in [0, 0.05) is 13.2 Å². The van der Waals surface area contributed by atoms with Gasteiger partial charge >= 0.3 is 5.97 Å². The summed E-state index contributed by atoms with van der Waals surface area (Å²) < 4.78 is 6.67. The van der Waals surface area contributed by atoms with E-state index in [1.54, 1.807) is 13.2 Å². The minimum Gasteiger partial charge on any atom is -0.464 e. The SMILES string of the molecule is COC(=O)c1nn(C)cc1Br. The number of carbonyl (C=O) groups excluding carboxylic acids is 1. The van der Waals surface area contributed by atoms with E-state index in [0.29, 0.717) is 10.2 Å². The van der Waals surface area contributed by atoms with Crippen LogP contribution in [-0.2, 0) is 11.8 Å². The maximum Gasteiger partial charge on any atom is 0.359 e. The number of nitrogens with zero attached hydrogens (tertiary/aromatic N) is 2. The topological polar surface area (TPSA) is 44.1 Å². The van der Waals surface area contributed by atoms with Crippen molar-refractivity contribution in [2.45, 2.75) is 0 Å². The van der Waals surface area contributed by atoms with Crippen LogP contribution in [0.5, 0.6) is 0 Å². The van der Waals surface area contributed by atoms with Gasteiger partial charge in [0.05, 0.1) is 11.6 Å². The van der Waals surface area contributed by atoms with Crippen molar-refractivity contribution in [3.8, 4) is 0 Å². The van der Waals surface area contributed by atoms with Crippen LogP contribution in [0.4, 0.5) is 0 Å². The van der Waals surface area contributed by atoms with E-state index < -0.39 is 5.97 Å². The van der Waals surface area contributed by atoms with Gasteiger partial charge in [-0.05, 0) is 15.9 Å². The maximum atomic E-state index is 10.9. The van der Waals surface area contributed by atoms with E-state index in [9.17, 15) is 4.79 Å². The number of aromatic nitrogens is 2. The van der Waals surface area contributed by atoms with Crippen molar-refractivity contribution in [2.24, 2.45) is 7.05 Å². The molecule has 0 saturated heterocycles. The Morgan fingerprint density at radius 2 is 2.45 bits per heavy atom. The molecule has 0 aliphatic rings. The van der Waals surface area contributed by atoms with E-state index in [0.717, 1.165) is 0 Å². The van der Waals surface area contributed by atoms with E-state index in [1.807, 2.05) is 0 Å². The lowest BCUT2D eigenvalue weighted by Crippen LogP contribution is -2.03. The Morgan fingerprint density at radius 3 is 2.82 bits per heavy atom. The van der Waals surface area contributed by atoms with Crippen LogP contribution in [0.2, 0.25) is 0 Å². The molecule has 0 amide bonds. The van der Waals surface area contributed by atoms with Crippen LogP contribution < -0.4 is 0 Å². The predicted octanol–water partition coefficient (Wildman–Crippen LogP) is 0.969. The lowest BCUT2D eigenvalue weighted by molar-refractivity contribution is 0.0592. The van der Waals surface area contributed by atoms with Gasteiger partial charge in [-0.25, -0.2) is 4.79 Å². The van der Waals surface area contributed by atoms with Crippen molar-refractivity contribution in [1.82, 2.24) is 9.78 Å². The van der Waals surface area contributed by atoms with Crippen LogP contribution in [0, 0.1) is 0 Å². The minimum absolute atomic E-state index is 0.301. The fraction of sp³-hybridized carbons (Fsp3) is 0.333. The van der Waals surface area contributed by atoms with Gasteiger partial charge in [-0.15, -0.1) is 0 Å². The lowest BCUT2D eigenvalue weighted by Gasteiger charge is -1.92. The first kappa shape index (κ1) is 8.26. The van der Waals surface area contributed by atoms with Crippen LogP contribution in [0.15, 0.2) is 10.7 Å². The second-order valence-corrected chi connectivity index (χ2v) is 2.85. The fourth-order valence-electron chi connectivity index (χ4n) is 0.695. The van der Waals surface area contributed by atoms with E-state index in [-0.39, 0.29) is 0 Å². The molecule has 0 saturated carbocycles. The molecular formula is C6H7BrN2O2. The van der Waals surface area contributed by atoms with Gasteiger partial charge in [-0.2, -0.15) is 5.10 Å². The molecule has 0 radical (unpaired) electrons. The third kappa shape index (κ3) is 1.59. The first-order valence-corrected chi connectivity index (χ1v) is 3.72. The number of carbonyl (C=O) groups is 1. The summed E-state index contributed by atoms with van der Waals surface area (Å²) in [7, 11) is 3.06. The molecule has 11 heavy (non-hydrogen) atoms. The Hall–Kier alpha value is -0.840. The molecule has 1 aromatic heterocycles. The number of aryl methyl sites for hydroxylation is 1. The number of methoxy groups -OCH3 is 1. The molecule has 0 N–H and O–H groups in total. The molecule has 60 valence electrons. The normalized spacial score (nSPS) is 9.73. The molecule has 4 nitrogen and oxygen atoms in total. The highest BCUT2D eigenvalue weighted by molar-refractivity contribution is 9.10. The van der Waals surface area contributed by atoms with Gasteiger partial charge in [-0.1, -0.05) is 0 Å². The predicted molar refractivity (Wildman–Crippen MR) is 42.2 cm³/mol. The van der Waals surface area contributed by atoms with Gasteiger partial charge in [0.1, 0.15) is 0 Å². The van der Waals surface area contributed by atoms with Crippen molar-refractivity contribution >= 4 is 21.9 Å². The third-order valence-corrected chi connectivity index (χ3v) is 1.74. The number of esters is 1. The molecule has 0 aliphatic heterocycles. The smallest absolute Gasteiger partial charge is 0.359 e. The van der Waals surface area contributed by atoms with Crippen molar-refractivity contribution in [1.29, 1.82) is 0 Å². The summed E-state index contributed by atoms with van der Waals surface area (Å²) in [4.78, 5) is 10.9. The van der Waals surface area contributed by atoms with E-state index in [1.165, 1.54) is 11.8 Å². The molecule has 0 aliphatic carbocycles. The Labute approximate surface area is 72.3 Å². The Morgan fingerprint density at radius 1 is 1.82 bits per heavy atom. The Bertz CT molecular complexity index is 282. The Balaban J connectivity index is 3.03. The van der Waals surface area contributed by atoms with Crippen LogP contribution >= 0.6 is 15.9 Å². The molecule has 0 spiro atoms. The zero-order chi connectivity index (χ0) is 8.43. The zero-order valence-electron chi connectivity index (χ0n) is 6.17. The molecule has 0 atom stereocenters. The molecule has 0 bridgehead atoms. The van der Waals surface area contributed by atoms with Crippen molar-refractivity contribution in [3.05, 3.63) is 16.4 Å². The zero-order valence-corrected chi connectivity index (χ0v) is 7.75. The van der Waals surface area contributed by atoms with Crippen LogP contribution in [-0.4, -0.2) is 22.9 Å². The lowest BCUT2D eigenvalue weighted by atomic mass is 10.4. The highest BCUT2D eigenvalue weighted by atomic mass is 79.9. The summed E-state index contributed by atoms with van der Waals surface area (Å²) in [6, 6.07) is 0. The third-order valence-electron chi connectivity index (χ3n) is 1.16. The van der Waals surface area contributed by atoms with Crippen molar-refractivity contribution in [2.75, 3.05) is 7.11 Å². The summed E-state index contributed by atoms with van der Waals surface area (Å²) >= 11 is 3.17. The van der Waals surface area contributed by atoms with E-state index >= 15 is 0 Å². The number of hydrogen-bond acceptors (Lipinski definition) is 3. The van der Waals surface area contributed by atoms with E-state index in [2.05, 4.69) is 25.8 Å². The molecule has 0 aromatic carbocycles. The second-order valence-electron chi connectivity index (χ2n) is 1.99. The highest BCUT2D eigenvalue weighted by Crippen LogP contribution is 2.14. The number of ether oxygens (including phenoxy) is 1. The van der Waals surface area contributed by atoms with Crippen molar-refractivity contribution in [3.63, 3.8) is 0 Å². The summed E-state index contributed by atoms with van der Waals surface area (Å²) in [5.41, 5.74) is 0.301. The highest BCUT2D eigenvalue weighted by Gasteiger charge is 2.13. The fourth-order valence-corrected chi connectivity index (χ4v) is 1.23.